The van der Waals surface area contributed by atoms with Crippen molar-refractivity contribution >= 4 is 45.0 Å². The highest BCUT2D eigenvalue weighted by molar-refractivity contribution is 9.10. The third-order valence-corrected chi connectivity index (χ3v) is 6.45. The number of hydrogen-bond acceptors (Lipinski definition) is 7. The van der Waals surface area contributed by atoms with Gasteiger partial charge in [0.1, 0.15) is 0 Å². The number of rotatable bonds is 4. The molecule has 0 spiro atoms. The van der Waals surface area contributed by atoms with E-state index in [0.717, 1.165) is 21.4 Å². The number of nitro benzene ring substituents is 1. The van der Waals surface area contributed by atoms with Crippen LogP contribution in [0.1, 0.15) is 24.1 Å². The highest BCUT2D eigenvalue weighted by atomic mass is 79.9. The molecule has 0 saturated heterocycles. The fraction of sp³-hybridized carbons (Fsp3) is 0.136. The average Bonchev–Trinajstić information content (AvgIpc) is 3.07. The van der Waals surface area contributed by atoms with Crippen molar-refractivity contribution in [2.24, 2.45) is 4.99 Å². The van der Waals surface area contributed by atoms with E-state index in [0.29, 0.717) is 20.6 Å². The summed E-state index contributed by atoms with van der Waals surface area (Å²) in [6.45, 7) is 1.70. The Morgan fingerprint density at radius 3 is 2.72 bits per heavy atom. The monoisotopic (exact) mass is 513 g/mol. The lowest BCUT2D eigenvalue weighted by molar-refractivity contribution is -0.384. The maximum absolute atomic E-state index is 13.4. The zero-order chi connectivity index (χ0) is 23.0. The van der Waals surface area contributed by atoms with Crippen LogP contribution in [0, 0.1) is 10.1 Å². The van der Waals surface area contributed by atoms with E-state index in [2.05, 4.69) is 20.9 Å². The minimum absolute atomic E-state index is 0.0673. The molecule has 0 radical (unpaired) electrons. The molecule has 3 aromatic rings. The number of carbonyl (C=O) groups is 1. The van der Waals surface area contributed by atoms with Crippen LogP contribution in [0.3, 0.4) is 0 Å². The number of fused-ring (bicyclic) bond motifs is 1. The number of nitrogens with zero attached hydrogens (tertiary/aromatic N) is 3. The van der Waals surface area contributed by atoms with Crippen molar-refractivity contribution in [3.8, 4) is 0 Å². The molecule has 0 fully saturated rings. The van der Waals surface area contributed by atoms with Gasteiger partial charge in [0.25, 0.3) is 11.2 Å². The summed E-state index contributed by atoms with van der Waals surface area (Å²) in [5.41, 5.74) is 1.57. The molecule has 1 aromatic heterocycles. The number of hydrogen-bond donors (Lipinski definition) is 0. The molecule has 162 valence electrons. The fourth-order valence-electron chi connectivity index (χ4n) is 3.56. The Bertz CT molecular complexity index is 1470. The topological polar surface area (TPSA) is 104 Å². The number of thiazole rings is 1. The summed E-state index contributed by atoms with van der Waals surface area (Å²) in [4.78, 5) is 41.6. The van der Waals surface area contributed by atoms with Gasteiger partial charge in [-0.25, -0.2) is 9.79 Å². The molecule has 1 unspecified atom stereocenters. The first-order valence-corrected chi connectivity index (χ1v) is 11.0. The second-order valence-electron chi connectivity index (χ2n) is 6.98. The highest BCUT2D eigenvalue weighted by Crippen LogP contribution is 2.31. The molecule has 32 heavy (non-hydrogen) atoms. The predicted octanol–water partition coefficient (Wildman–Crippen LogP) is 3.08. The van der Waals surface area contributed by atoms with E-state index in [-0.39, 0.29) is 16.8 Å². The lowest BCUT2D eigenvalue weighted by Crippen LogP contribution is -2.39. The van der Waals surface area contributed by atoms with E-state index in [4.69, 9.17) is 4.74 Å². The number of aromatic nitrogens is 1. The third-order valence-electron chi connectivity index (χ3n) is 4.97. The van der Waals surface area contributed by atoms with E-state index < -0.39 is 16.9 Å². The molecular weight excluding hydrogens is 498 g/mol. The van der Waals surface area contributed by atoms with Gasteiger partial charge in [-0.1, -0.05) is 51.5 Å². The quantitative estimate of drug-likeness (QED) is 0.303. The van der Waals surface area contributed by atoms with E-state index in [1.807, 2.05) is 24.3 Å². The summed E-state index contributed by atoms with van der Waals surface area (Å²) in [5.74, 6) is -0.566. The number of ether oxygens (including phenoxy) is 1. The highest BCUT2D eigenvalue weighted by Gasteiger charge is 2.33. The van der Waals surface area contributed by atoms with Gasteiger partial charge in [0.05, 0.1) is 33.9 Å². The summed E-state index contributed by atoms with van der Waals surface area (Å²) < 4.78 is 7.60. The Balaban J connectivity index is 1.97. The minimum atomic E-state index is -0.719. The van der Waals surface area contributed by atoms with Gasteiger partial charge in [-0.15, -0.1) is 0 Å². The van der Waals surface area contributed by atoms with Crippen LogP contribution in [0.15, 0.2) is 74.1 Å². The molecule has 10 heteroatoms. The van der Waals surface area contributed by atoms with Crippen molar-refractivity contribution in [2.45, 2.75) is 13.0 Å². The Hall–Kier alpha value is -3.37. The molecule has 2 heterocycles. The van der Waals surface area contributed by atoms with Gasteiger partial charge in [-0.2, -0.15) is 0 Å². The molecule has 0 saturated carbocycles. The zero-order valence-electron chi connectivity index (χ0n) is 16.9. The maximum Gasteiger partial charge on any atom is 0.338 e. The molecule has 0 amide bonds. The van der Waals surface area contributed by atoms with E-state index in [1.54, 1.807) is 25.1 Å². The van der Waals surface area contributed by atoms with E-state index >= 15 is 0 Å². The molecule has 0 N–H and O–H groups in total. The van der Waals surface area contributed by atoms with Gasteiger partial charge in [0, 0.05) is 16.6 Å². The second-order valence-corrected chi connectivity index (χ2v) is 8.91. The van der Waals surface area contributed by atoms with Crippen LogP contribution in [-0.2, 0) is 9.53 Å². The van der Waals surface area contributed by atoms with Crippen LogP contribution in [0.5, 0.6) is 0 Å². The number of non-ortho nitro benzene ring substituents is 1. The van der Waals surface area contributed by atoms with Crippen LogP contribution in [0.2, 0.25) is 0 Å². The zero-order valence-corrected chi connectivity index (χ0v) is 19.3. The van der Waals surface area contributed by atoms with Crippen LogP contribution in [-0.4, -0.2) is 22.6 Å². The van der Waals surface area contributed by atoms with Crippen molar-refractivity contribution in [2.75, 3.05) is 7.11 Å². The fourth-order valence-corrected chi connectivity index (χ4v) is 5.03. The molecule has 1 aliphatic heterocycles. The average molecular weight is 514 g/mol. The summed E-state index contributed by atoms with van der Waals surface area (Å²) in [7, 11) is 1.29. The standard InChI is InChI=1S/C22H16BrN3O5S/c1-12-18(21(28)31-2)19(14-6-4-7-15(23)11-14)25-20(27)17(32-22(25)24-12)10-13-5-3-8-16(9-13)26(29)30/h3-11,19H,1-2H3. The first-order valence-electron chi connectivity index (χ1n) is 9.41. The summed E-state index contributed by atoms with van der Waals surface area (Å²) >= 11 is 4.60. The minimum Gasteiger partial charge on any atom is -0.466 e. The second kappa shape index (κ2) is 8.64. The molecule has 0 aliphatic carbocycles. The lowest BCUT2D eigenvalue weighted by Gasteiger charge is -2.24. The molecule has 1 atom stereocenters. The Morgan fingerprint density at radius 1 is 1.28 bits per heavy atom. The third kappa shape index (κ3) is 3.94. The largest absolute Gasteiger partial charge is 0.466 e. The van der Waals surface area contributed by atoms with Crippen molar-refractivity contribution in [1.82, 2.24) is 4.57 Å². The van der Waals surface area contributed by atoms with Crippen LogP contribution in [0.25, 0.3) is 6.08 Å². The van der Waals surface area contributed by atoms with Gasteiger partial charge in [-0.05, 0) is 36.3 Å². The number of benzene rings is 2. The number of carbonyl (C=O) groups excluding carboxylic acids is 1. The van der Waals surface area contributed by atoms with Gasteiger partial charge in [0.2, 0.25) is 0 Å². The number of allylic oxidation sites excluding steroid dienone is 1. The Labute approximate surface area is 194 Å². The van der Waals surface area contributed by atoms with Gasteiger partial charge in [0.15, 0.2) is 4.80 Å². The Kier molecular flexibility index (Phi) is 5.90. The number of nitro groups is 1. The van der Waals surface area contributed by atoms with Crippen molar-refractivity contribution in [3.63, 3.8) is 0 Å². The molecular formula is C22H16BrN3O5S. The van der Waals surface area contributed by atoms with Crippen molar-refractivity contribution in [1.29, 1.82) is 0 Å². The maximum atomic E-state index is 13.4. The summed E-state index contributed by atoms with van der Waals surface area (Å²) in [6.07, 6.45) is 1.59. The molecule has 8 nitrogen and oxygen atoms in total. The molecule has 2 aromatic carbocycles. The van der Waals surface area contributed by atoms with E-state index in [1.165, 1.54) is 23.8 Å². The molecule has 1 aliphatic rings. The predicted molar refractivity (Wildman–Crippen MR) is 123 cm³/mol. The Morgan fingerprint density at radius 2 is 2.03 bits per heavy atom. The molecule has 0 bridgehead atoms. The van der Waals surface area contributed by atoms with Gasteiger partial charge < -0.3 is 4.74 Å². The van der Waals surface area contributed by atoms with Crippen LogP contribution < -0.4 is 14.9 Å². The van der Waals surface area contributed by atoms with Gasteiger partial charge in [-0.3, -0.25) is 19.5 Å². The van der Waals surface area contributed by atoms with Crippen LogP contribution in [0.4, 0.5) is 5.69 Å². The first-order chi connectivity index (χ1) is 15.3. The van der Waals surface area contributed by atoms with E-state index in [9.17, 15) is 19.7 Å². The van der Waals surface area contributed by atoms with Crippen molar-refractivity contribution in [3.05, 3.63) is 105 Å². The lowest BCUT2D eigenvalue weighted by atomic mass is 9.96. The SMILES string of the molecule is COC(=O)C1=C(C)N=c2sc(=Cc3cccc([N+](=O)[O-])c3)c(=O)n2C1c1cccc(Br)c1. The smallest absolute Gasteiger partial charge is 0.338 e. The number of halogens is 1. The van der Waals surface area contributed by atoms with Crippen LogP contribution >= 0.6 is 27.3 Å². The first kappa shape index (κ1) is 21.8. The number of methoxy groups -OCH3 is 1. The normalized spacial score (nSPS) is 15.8. The summed E-state index contributed by atoms with van der Waals surface area (Å²) in [5, 5.41) is 11.1. The molecule has 4 rings (SSSR count). The van der Waals surface area contributed by atoms with Crippen molar-refractivity contribution < 1.29 is 14.5 Å². The van der Waals surface area contributed by atoms with Gasteiger partial charge >= 0.3 is 5.97 Å². The number of esters is 1. The summed E-state index contributed by atoms with van der Waals surface area (Å²) in [6, 6.07) is 12.6.